The second-order valence-corrected chi connectivity index (χ2v) is 6.71. The van der Waals surface area contributed by atoms with E-state index in [-0.39, 0.29) is 28.5 Å². The van der Waals surface area contributed by atoms with E-state index in [1.807, 2.05) is 0 Å². The Bertz CT molecular complexity index is 881. The summed E-state index contributed by atoms with van der Waals surface area (Å²) in [5, 5.41) is 0.551. The van der Waals surface area contributed by atoms with Crippen LogP contribution in [-0.4, -0.2) is 69.9 Å². The zero-order valence-electron chi connectivity index (χ0n) is 13.2. The Kier molecular flexibility index (Phi) is 4.57. The van der Waals surface area contributed by atoms with Gasteiger partial charge in [-0.05, 0) is 23.2 Å². The summed E-state index contributed by atoms with van der Waals surface area (Å²) in [5.74, 6) is -0.623. The maximum absolute atomic E-state index is 12.5. The van der Waals surface area contributed by atoms with Crippen LogP contribution < -0.4 is 0 Å². The monoisotopic (exact) mass is 401 g/mol. The highest BCUT2D eigenvalue weighted by Crippen LogP contribution is 2.24. The number of urea groups is 1. The third-order valence-corrected chi connectivity index (χ3v) is 5.08. The van der Waals surface area contributed by atoms with Crippen molar-refractivity contribution in [1.82, 2.24) is 9.80 Å². The molecule has 0 N–H and O–H groups in total. The molecule has 1 aromatic rings. The van der Waals surface area contributed by atoms with Crippen molar-refractivity contribution in [2.45, 2.75) is 6.04 Å². The second kappa shape index (κ2) is 6.40. The molecular weight excluding hydrogens is 391 g/mol. The highest BCUT2D eigenvalue weighted by Gasteiger charge is 2.53. The lowest BCUT2D eigenvalue weighted by Crippen LogP contribution is -2.61. The fourth-order valence-corrected chi connectivity index (χ4v) is 3.18. The summed E-state index contributed by atoms with van der Waals surface area (Å²) in [6.45, 7) is -0.198. The molecule has 3 amide bonds. The first-order valence-corrected chi connectivity index (χ1v) is 8.27. The average Bonchev–Trinajstić information content (AvgIpc) is 2.90. The van der Waals surface area contributed by atoms with E-state index >= 15 is 0 Å². The zero-order valence-corrected chi connectivity index (χ0v) is 15.4. The molecular formula is C15H12Cl3N4O3+. The third-order valence-electron chi connectivity index (χ3n) is 4.04. The molecule has 7 nitrogen and oxygen atoms in total. The summed E-state index contributed by atoms with van der Waals surface area (Å²) in [5.41, 5.74) is 0.327. The number of amidine groups is 2. The molecule has 0 spiro atoms. The summed E-state index contributed by atoms with van der Waals surface area (Å²) in [7, 11) is 2.86. The summed E-state index contributed by atoms with van der Waals surface area (Å²) in [4.78, 5) is 43.3. The first-order valence-electron chi connectivity index (χ1n) is 7.13. The van der Waals surface area contributed by atoms with Crippen LogP contribution in [0.25, 0.3) is 0 Å². The molecule has 1 unspecified atom stereocenters. The smallest absolute Gasteiger partial charge is 0.290 e. The van der Waals surface area contributed by atoms with Crippen LogP contribution in [-0.2, 0) is 4.79 Å². The number of hydrogen-bond acceptors (Lipinski definition) is 4. The van der Waals surface area contributed by atoms with Gasteiger partial charge in [-0.1, -0.05) is 23.2 Å². The van der Waals surface area contributed by atoms with Crippen molar-refractivity contribution in [1.29, 1.82) is 0 Å². The molecule has 130 valence electrons. The van der Waals surface area contributed by atoms with E-state index in [1.165, 1.54) is 41.8 Å². The summed E-state index contributed by atoms with van der Waals surface area (Å²) >= 11 is 17.9. The van der Waals surface area contributed by atoms with Crippen molar-refractivity contribution < 1.29 is 19.0 Å². The molecule has 2 heterocycles. The number of halogens is 3. The number of likely N-dealkylation sites (N-methyl/N-ethyl adjacent to an activating group) is 2. The molecule has 0 bridgehead atoms. The van der Waals surface area contributed by atoms with Gasteiger partial charge < -0.3 is 0 Å². The molecule has 0 saturated carbocycles. The van der Waals surface area contributed by atoms with Crippen molar-refractivity contribution in [2.75, 3.05) is 20.6 Å². The third kappa shape index (κ3) is 2.92. The Morgan fingerprint density at radius 1 is 1.16 bits per heavy atom. The number of amides is 3. The SMILES string of the molecule is CN1C(=O)C2C(=NC(Cl)=[N+]2CC(=O)c2ccc(Cl)c(Cl)c2)N(C)C1=O. The van der Waals surface area contributed by atoms with Gasteiger partial charge in [0.25, 0.3) is 17.8 Å². The van der Waals surface area contributed by atoms with Gasteiger partial charge in [0.15, 0.2) is 6.54 Å². The first-order chi connectivity index (χ1) is 11.7. The van der Waals surface area contributed by atoms with Gasteiger partial charge in [-0.2, -0.15) is 0 Å². The van der Waals surface area contributed by atoms with Crippen LogP contribution in [0.1, 0.15) is 10.4 Å². The van der Waals surface area contributed by atoms with E-state index in [9.17, 15) is 14.4 Å². The van der Waals surface area contributed by atoms with Crippen LogP contribution in [0.4, 0.5) is 4.79 Å². The lowest BCUT2D eigenvalue weighted by molar-refractivity contribution is -0.520. The van der Waals surface area contributed by atoms with Crippen LogP contribution in [0.3, 0.4) is 0 Å². The van der Waals surface area contributed by atoms with Crippen LogP contribution in [0, 0.1) is 0 Å². The number of nitrogens with zero attached hydrogens (tertiary/aromatic N) is 4. The number of carbonyl (C=O) groups excluding carboxylic acids is 3. The molecule has 1 fully saturated rings. The average molecular weight is 403 g/mol. The fourth-order valence-electron chi connectivity index (χ4n) is 2.64. The number of benzene rings is 1. The van der Waals surface area contributed by atoms with E-state index < -0.39 is 18.0 Å². The fraction of sp³-hybridized carbons (Fsp3) is 0.267. The summed E-state index contributed by atoms with van der Waals surface area (Å²) in [6.07, 6.45) is 0. The highest BCUT2D eigenvalue weighted by molar-refractivity contribution is 6.65. The van der Waals surface area contributed by atoms with Gasteiger partial charge in [-0.25, -0.2) is 9.37 Å². The number of Topliss-reactive ketones (excluding diaryl/α,β-unsaturated/α-hetero) is 1. The van der Waals surface area contributed by atoms with Gasteiger partial charge in [-0.3, -0.25) is 19.4 Å². The van der Waals surface area contributed by atoms with Gasteiger partial charge in [-0.15, -0.1) is 0 Å². The number of hydrogen-bond donors (Lipinski definition) is 0. The van der Waals surface area contributed by atoms with Crippen LogP contribution in [0.15, 0.2) is 23.2 Å². The van der Waals surface area contributed by atoms with E-state index in [0.29, 0.717) is 10.6 Å². The van der Waals surface area contributed by atoms with Gasteiger partial charge in [0.1, 0.15) is 0 Å². The van der Waals surface area contributed by atoms with Gasteiger partial charge in [0, 0.05) is 31.3 Å². The van der Waals surface area contributed by atoms with Crippen molar-refractivity contribution >= 4 is 63.7 Å². The molecule has 1 saturated heterocycles. The molecule has 1 atom stereocenters. The van der Waals surface area contributed by atoms with E-state index in [4.69, 9.17) is 34.8 Å². The minimum absolute atomic E-state index is 0.0308. The molecule has 0 radical (unpaired) electrons. The van der Waals surface area contributed by atoms with Crippen molar-refractivity contribution in [3.05, 3.63) is 33.8 Å². The van der Waals surface area contributed by atoms with Crippen molar-refractivity contribution in [2.24, 2.45) is 4.99 Å². The lowest BCUT2D eigenvalue weighted by Gasteiger charge is -2.30. The first kappa shape index (κ1) is 17.8. The van der Waals surface area contributed by atoms with Gasteiger partial charge >= 0.3 is 11.3 Å². The topological polar surface area (TPSA) is 73.1 Å². The normalized spacial score (nSPS) is 20.2. The number of carbonyl (C=O) groups is 3. The number of rotatable bonds is 3. The summed E-state index contributed by atoms with van der Waals surface area (Å²) < 4.78 is 1.35. The molecule has 10 heteroatoms. The number of fused-ring (bicyclic) bond motifs is 1. The predicted octanol–water partition coefficient (Wildman–Crippen LogP) is 2.09. The summed E-state index contributed by atoms with van der Waals surface area (Å²) in [6, 6.07) is 3.06. The van der Waals surface area contributed by atoms with Crippen molar-refractivity contribution in [3.8, 4) is 0 Å². The van der Waals surface area contributed by atoms with Gasteiger partial charge in [0.2, 0.25) is 5.78 Å². The number of aliphatic imine (C=N–C) groups is 1. The molecule has 3 rings (SSSR count). The standard InChI is InChI=1S/C15H12Cl3N4O3/c1-20-12-11(13(24)21(2)15(20)25)22(14(18)19-12)6-10(23)7-3-4-8(16)9(17)5-7/h3-5,11H,6H2,1-2H3/q+1. The molecule has 1 aromatic carbocycles. The Balaban J connectivity index is 1.89. The largest absolute Gasteiger partial charge is 0.394 e. The highest BCUT2D eigenvalue weighted by atomic mass is 35.5. The molecule has 25 heavy (non-hydrogen) atoms. The Labute approximate surface area is 158 Å². The molecule has 2 aliphatic rings. The maximum Gasteiger partial charge on any atom is 0.394 e. The molecule has 0 aliphatic carbocycles. The number of ketones is 1. The Morgan fingerprint density at radius 3 is 2.48 bits per heavy atom. The van der Waals surface area contributed by atoms with E-state index in [0.717, 1.165) is 4.90 Å². The minimum atomic E-state index is -0.924. The van der Waals surface area contributed by atoms with Crippen molar-refractivity contribution in [3.63, 3.8) is 0 Å². The van der Waals surface area contributed by atoms with E-state index in [1.54, 1.807) is 0 Å². The Morgan fingerprint density at radius 2 is 1.84 bits per heavy atom. The van der Waals surface area contributed by atoms with Crippen LogP contribution in [0.2, 0.25) is 10.0 Å². The lowest BCUT2D eigenvalue weighted by atomic mass is 10.1. The molecule has 2 aliphatic heterocycles. The van der Waals surface area contributed by atoms with Gasteiger partial charge in [0.05, 0.1) is 10.0 Å². The predicted molar refractivity (Wildman–Crippen MR) is 93.9 cm³/mol. The quantitative estimate of drug-likeness (QED) is 0.441. The van der Waals surface area contributed by atoms with Crippen LogP contribution >= 0.6 is 34.8 Å². The van der Waals surface area contributed by atoms with Crippen LogP contribution in [0.5, 0.6) is 0 Å². The second-order valence-electron chi connectivity index (χ2n) is 5.56. The zero-order chi connectivity index (χ0) is 18.5. The Hall–Kier alpha value is -1.96. The van der Waals surface area contributed by atoms with E-state index in [2.05, 4.69) is 4.99 Å². The molecule has 0 aromatic heterocycles. The maximum atomic E-state index is 12.5. The number of imide groups is 1. The minimum Gasteiger partial charge on any atom is -0.290 e.